The Morgan fingerprint density at radius 1 is 1.21 bits per heavy atom. The van der Waals surface area contributed by atoms with Gasteiger partial charge in [0, 0.05) is 32.2 Å². The lowest BCUT2D eigenvalue weighted by Crippen LogP contribution is -2.45. The van der Waals surface area contributed by atoms with E-state index >= 15 is 0 Å². The van der Waals surface area contributed by atoms with Gasteiger partial charge in [-0.1, -0.05) is 0 Å². The molecule has 2 saturated heterocycles. The van der Waals surface area contributed by atoms with E-state index in [-0.39, 0.29) is 0 Å². The van der Waals surface area contributed by atoms with E-state index in [2.05, 4.69) is 10.2 Å². The monoisotopic (exact) mass is 289 g/mol. The summed E-state index contributed by atoms with van der Waals surface area (Å²) in [5.41, 5.74) is 0. The van der Waals surface area contributed by atoms with E-state index in [1.54, 1.807) is 4.31 Å². The predicted molar refractivity (Wildman–Crippen MR) is 77.7 cm³/mol. The lowest BCUT2D eigenvalue weighted by atomic mass is 9.98. The van der Waals surface area contributed by atoms with Crippen LogP contribution in [-0.2, 0) is 10.0 Å². The normalized spacial score (nSPS) is 30.8. The highest BCUT2D eigenvalue weighted by Crippen LogP contribution is 2.24. The topological polar surface area (TPSA) is 52.6 Å². The van der Waals surface area contributed by atoms with Gasteiger partial charge in [-0.15, -0.1) is 0 Å². The number of rotatable bonds is 5. The molecule has 2 heterocycles. The molecule has 6 heteroatoms. The molecule has 0 aromatic rings. The Morgan fingerprint density at radius 3 is 2.63 bits per heavy atom. The van der Waals surface area contributed by atoms with Crippen LogP contribution in [0.25, 0.3) is 0 Å². The number of sulfonamides is 1. The van der Waals surface area contributed by atoms with Crippen molar-refractivity contribution in [1.82, 2.24) is 14.5 Å². The van der Waals surface area contributed by atoms with Crippen LogP contribution in [0.1, 0.15) is 25.7 Å². The number of likely N-dealkylation sites (N-methyl/N-ethyl adjacent to an activating group) is 1. The first kappa shape index (κ1) is 15.2. The fourth-order valence-corrected chi connectivity index (χ4v) is 4.35. The zero-order valence-electron chi connectivity index (χ0n) is 12.1. The quantitative estimate of drug-likeness (QED) is 0.793. The van der Waals surface area contributed by atoms with Crippen LogP contribution in [0.2, 0.25) is 0 Å². The molecule has 2 aliphatic rings. The van der Waals surface area contributed by atoms with Crippen molar-refractivity contribution in [3.8, 4) is 0 Å². The molecule has 0 saturated carbocycles. The molecular weight excluding hydrogens is 262 g/mol. The zero-order chi connectivity index (χ0) is 13.9. The van der Waals surface area contributed by atoms with Gasteiger partial charge in [-0.05, 0) is 45.2 Å². The van der Waals surface area contributed by atoms with E-state index < -0.39 is 10.0 Å². The fraction of sp³-hybridized carbons (Fsp3) is 1.00. The van der Waals surface area contributed by atoms with Crippen LogP contribution in [0.4, 0.5) is 0 Å². The number of hydrogen-bond acceptors (Lipinski definition) is 4. The van der Waals surface area contributed by atoms with Crippen LogP contribution >= 0.6 is 0 Å². The standard InChI is InChI=1S/C13H27N3O2S/c1-14-9-13-6-4-7-15(13)10-12-5-3-8-16(11-12)19(2,17)18/h12-14H,3-11H2,1-2H3. The molecule has 2 atom stereocenters. The molecule has 19 heavy (non-hydrogen) atoms. The highest BCUT2D eigenvalue weighted by atomic mass is 32.2. The van der Waals surface area contributed by atoms with E-state index in [1.165, 1.54) is 25.6 Å². The summed E-state index contributed by atoms with van der Waals surface area (Å²) in [6.45, 7) is 4.68. The van der Waals surface area contributed by atoms with Gasteiger partial charge in [-0.3, -0.25) is 4.90 Å². The zero-order valence-corrected chi connectivity index (χ0v) is 13.0. The summed E-state index contributed by atoms with van der Waals surface area (Å²) >= 11 is 0. The van der Waals surface area contributed by atoms with Crippen molar-refractivity contribution in [1.29, 1.82) is 0 Å². The third-order valence-electron chi connectivity index (χ3n) is 4.38. The molecule has 0 radical (unpaired) electrons. The Bertz CT molecular complexity index is 385. The third kappa shape index (κ3) is 4.15. The second-order valence-electron chi connectivity index (χ2n) is 5.98. The summed E-state index contributed by atoms with van der Waals surface area (Å²) < 4.78 is 24.9. The first-order valence-corrected chi connectivity index (χ1v) is 9.19. The maximum Gasteiger partial charge on any atom is 0.211 e. The van der Waals surface area contributed by atoms with Crippen molar-refractivity contribution < 1.29 is 8.42 Å². The van der Waals surface area contributed by atoms with Crippen molar-refractivity contribution in [2.75, 3.05) is 46.0 Å². The summed E-state index contributed by atoms with van der Waals surface area (Å²) in [6, 6.07) is 0.638. The van der Waals surface area contributed by atoms with Crippen molar-refractivity contribution in [2.45, 2.75) is 31.7 Å². The second kappa shape index (κ2) is 6.52. The summed E-state index contributed by atoms with van der Waals surface area (Å²) in [7, 11) is -1.01. The molecule has 112 valence electrons. The van der Waals surface area contributed by atoms with Gasteiger partial charge < -0.3 is 5.32 Å². The lowest BCUT2D eigenvalue weighted by Gasteiger charge is -2.35. The van der Waals surface area contributed by atoms with Gasteiger partial charge in [0.15, 0.2) is 0 Å². The second-order valence-corrected chi connectivity index (χ2v) is 7.96. The van der Waals surface area contributed by atoms with Crippen LogP contribution in [0.5, 0.6) is 0 Å². The van der Waals surface area contributed by atoms with Crippen LogP contribution < -0.4 is 5.32 Å². The maximum atomic E-state index is 11.6. The van der Waals surface area contributed by atoms with Crippen LogP contribution in [-0.4, -0.2) is 69.7 Å². The average Bonchev–Trinajstić information content (AvgIpc) is 2.77. The molecule has 2 rings (SSSR count). The molecule has 0 aromatic carbocycles. The van der Waals surface area contributed by atoms with Gasteiger partial charge in [0.2, 0.25) is 10.0 Å². The molecule has 1 N–H and O–H groups in total. The largest absolute Gasteiger partial charge is 0.318 e. The van der Waals surface area contributed by atoms with Crippen LogP contribution in [0, 0.1) is 5.92 Å². The number of hydrogen-bond donors (Lipinski definition) is 1. The summed E-state index contributed by atoms with van der Waals surface area (Å²) in [6.07, 6.45) is 6.03. The first-order valence-electron chi connectivity index (χ1n) is 7.34. The molecular formula is C13H27N3O2S. The van der Waals surface area contributed by atoms with Crippen molar-refractivity contribution in [2.24, 2.45) is 5.92 Å². The highest BCUT2D eigenvalue weighted by molar-refractivity contribution is 7.88. The minimum atomic E-state index is -3.01. The Balaban J connectivity index is 1.88. The van der Waals surface area contributed by atoms with Gasteiger partial charge in [-0.25, -0.2) is 12.7 Å². The molecule has 0 aromatic heterocycles. The number of nitrogens with one attached hydrogen (secondary N) is 1. The van der Waals surface area contributed by atoms with Crippen molar-refractivity contribution >= 4 is 10.0 Å². The molecule has 0 spiro atoms. The average molecular weight is 289 g/mol. The van der Waals surface area contributed by atoms with Crippen LogP contribution in [0.3, 0.4) is 0 Å². The van der Waals surface area contributed by atoms with E-state index in [1.807, 2.05) is 7.05 Å². The van der Waals surface area contributed by atoms with Crippen molar-refractivity contribution in [3.63, 3.8) is 0 Å². The van der Waals surface area contributed by atoms with Crippen LogP contribution in [0.15, 0.2) is 0 Å². The molecule has 2 aliphatic heterocycles. The lowest BCUT2D eigenvalue weighted by molar-refractivity contribution is 0.167. The minimum Gasteiger partial charge on any atom is -0.318 e. The van der Waals surface area contributed by atoms with E-state index in [9.17, 15) is 8.42 Å². The van der Waals surface area contributed by atoms with E-state index in [4.69, 9.17) is 0 Å². The molecule has 2 fully saturated rings. The molecule has 0 bridgehead atoms. The molecule has 5 nitrogen and oxygen atoms in total. The predicted octanol–water partition coefficient (Wildman–Crippen LogP) is 0.342. The number of likely N-dealkylation sites (tertiary alicyclic amines) is 1. The summed E-state index contributed by atoms with van der Waals surface area (Å²) in [4.78, 5) is 2.55. The summed E-state index contributed by atoms with van der Waals surface area (Å²) in [5.74, 6) is 0.501. The van der Waals surface area contributed by atoms with Gasteiger partial charge in [0.25, 0.3) is 0 Å². The fourth-order valence-electron chi connectivity index (χ4n) is 3.41. The van der Waals surface area contributed by atoms with Crippen molar-refractivity contribution in [3.05, 3.63) is 0 Å². The minimum absolute atomic E-state index is 0.501. The van der Waals surface area contributed by atoms with Gasteiger partial charge in [0.1, 0.15) is 0 Å². The Kier molecular flexibility index (Phi) is 5.22. The number of nitrogens with zero attached hydrogens (tertiary/aromatic N) is 2. The Labute approximate surface area is 117 Å². The third-order valence-corrected chi connectivity index (χ3v) is 5.65. The Hall–Kier alpha value is -0.170. The SMILES string of the molecule is CNCC1CCCN1CC1CCCN(S(C)(=O)=O)C1. The Morgan fingerprint density at radius 2 is 1.95 bits per heavy atom. The molecule has 0 amide bonds. The maximum absolute atomic E-state index is 11.6. The first-order chi connectivity index (χ1) is 9.00. The highest BCUT2D eigenvalue weighted by Gasteiger charge is 2.30. The number of piperidine rings is 1. The van der Waals surface area contributed by atoms with E-state index in [0.29, 0.717) is 25.0 Å². The van der Waals surface area contributed by atoms with Gasteiger partial charge >= 0.3 is 0 Å². The molecule has 0 aliphatic carbocycles. The summed E-state index contributed by atoms with van der Waals surface area (Å²) in [5, 5.41) is 3.26. The van der Waals surface area contributed by atoms with Gasteiger partial charge in [0.05, 0.1) is 6.26 Å². The molecule has 2 unspecified atom stereocenters. The smallest absolute Gasteiger partial charge is 0.211 e. The van der Waals surface area contributed by atoms with E-state index in [0.717, 1.165) is 25.9 Å². The van der Waals surface area contributed by atoms with Gasteiger partial charge in [-0.2, -0.15) is 0 Å².